The summed E-state index contributed by atoms with van der Waals surface area (Å²) in [5.74, 6) is -0.661. The topological polar surface area (TPSA) is 77.3 Å². The van der Waals surface area contributed by atoms with Crippen LogP contribution >= 0.6 is 0 Å². The number of para-hydroxylation sites is 1. The van der Waals surface area contributed by atoms with Crippen molar-refractivity contribution >= 4 is 11.9 Å². The maximum atomic E-state index is 12.8. The van der Waals surface area contributed by atoms with Crippen molar-refractivity contribution in [3.05, 3.63) is 102 Å². The molecular weight excluding hydrogens is 416 g/mol. The van der Waals surface area contributed by atoms with Gasteiger partial charge in [0.25, 0.3) is 11.7 Å². The zero-order valence-corrected chi connectivity index (χ0v) is 18.5. The van der Waals surface area contributed by atoms with E-state index in [1.165, 1.54) is 4.90 Å². The number of likely N-dealkylation sites (N-methyl/N-ethyl adjacent to an activating group) is 1. The summed E-state index contributed by atoms with van der Waals surface area (Å²) in [5.41, 5.74) is 2.55. The zero-order chi connectivity index (χ0) is 23.2. The minimum absolute atomic E-state index is 0.108. The van der Waals surface area contributed by atoms with Gasteiger partial charge in [-0.25, -0.2) is 14.5 Å². The monoisotopic (exact) mass is 440 g/mol. The highest BCUT2D eigenvalue weighted by atomic mass is 16.5. The molecule has 0 aliphatic heterocycles. The summed E-state index contributed by atoms with van der Waals surface area (Å²) >= 11 is 0. The van der Waals surface area contributed by atoms with Crippen molar-refractivity contribution in [3.63, 3.8) is 0 Å². The number of hydrogen-bond acceptors (Lipinski definition) is 5. The van der Waals surface area contributed by atoms with E-state index < -0.39 is 12.1 Å². The number of hydrogen-bond donors (Lipinski definition) is 0. The summed E-state index contributed by atoms with van der Waals surface area (Å²) in [6.45, 7) is 1.97. The lowest BCUT2D eigenvalue weighted by molar-refractivity contribution is -0.139. The SMILES string of the molecule is CC(OC(=O)c1nc(-c2ccccc2)n(-c2ccccc2)n1)C(=O)N(C)Cc1ccccc1. The molecule has 1 unspecified atom stereocenters. The fourth-order valence-electron chi connectivity index (χ4n) is 3.43. The number of nitrogens with zero attached hydrogens (tertiary/aromatic N) is 4. The maximum absolute atomic E-state index is 12.8. The molecule has 7 heteroatoms. The van der Waals surface area contributed by atoms with Gasteiger partial charge in [-0.1, -0.05) is 78.9 Å². The second kappa shape index (κ2) is 9.91. The summed E-state index contributed by atoms with van der Waals surface area (Å²) in [5, 5.41) is 4.39. The quantitative estimate of drug-likeness (QED) is 0.404. The van der Waals surface area contributed by atoms with E-state index in [0.717, 1.165) is 16.8 Å². The molecule has 1 atom stereocenters. The first-order chi connectivity index (χ1) is 16.0. The smallest absolute Gasteiger partial charge is 0.379 e. The number of amides is 1. The van der Waals surface area contributed by atoms with Crippen LogP contribution in [0.15, 0.2) is 91.0 Å². The van der Waals surface area contributed by atoms with Gasteiger partial charge in [0.2, 0.25) is 0 Å². The summed E-state index contributed by atoms with van der Waals surface area (Å²) in [6.07, 6.45) is -0.977. The molecule has 0 N–H and O–H groups in total. The summed E-state index contributed by atoms with van der Waals surface area (Å²) in [4.78, 5) is 31.5. The van der Waals surface area contributed by atoms with Crippen molar-refractivity contribution < 1.29 is 14.3 Å². The molecule has 4 aromatic rings. The van der Waals surface area contributed by atoms with Gasteiger partial charge < -0.3 is 9.64 Å². The molecule has 0 radical (unpaired) electrons. The maximum Gasteiger partial charge on any atom is 0.379 e. The molecule has 0 aliphatic carbocycles. The molecule has 33 heavy (non-hydrogen) atoms. The van der Waals surface area contributed by atoms with Crippen LogP contribution in [0.25, 0.3) is 17.1 Å². The minimum Gasteiger partial charge on any atom is -0.447 e. The van der Waals surface area contributed by atoms with Gasteiger partial charge in [-0.2, -0.15) is 0 Å². The Morgan fingerprint density at radius 2 is 1.48 bits per heavy atom. The second-order valence-electron chi connectivity index (χ2n) is 7.60. The van der Waals surface area contributed by atoms with Gasteiger partial charge in [0.05, 0.1) is 5.69 Å². The summed E-state index contributed by atoms with van der Waals surface area (Å²) in [7, 11) is 1.68. The van der Waals surface area contributed by atoms with E-state index in [1.807, 2.05) is 91.0 Å². The van der Waals surface area contributed by atoms with E-state index in [4.69, 9.17) is 4.74 Å². The van der Waals surface area contributed by atoms with Crippen LogP contribution in [0.3, 0.4) is 0 Å². The van der Waals surface area contributed by atoms with Gasteiger partial charge in [0.1, 0.15) is 0 Å². The molecule has 166 valence electrons. The van der Waals surface area contributed by atoms with E-state index in [9.17, 15) is 9.59 Å². The Morgan fingerprint density at radius 3 is 2.12 bits per heavy atom. The van der Waals surface area contributed by atoms with E-state index >= 15 is 0 Å². The van der Waals surface area contributed by atoms with Gasteiger partial charge in [-0.05, 0) is 24.6 Å². The number of carbonyl (C=O) groups excluding carboxylic acids is 2. The van der Waals surface area contributed by atoms with Crippen LogP contribution in [-0.4, -0.2) is 44.7 Å². The average Bonchev–Trinajstić information content (AvgIpc) is 3.31. The highest BCUT2D eigenvalue weighted by molar-refractivity contribution is 5.89. The summed E-state index contributed by atoms with van der Waals surface area (Å²) in [6, 6.07) is 28.5. The largest absolute Gasteiger partial charge is 0.447 e. The van der Waals surface area contributed by atoms with Gasteiger partial charge in [-0.15, -0.1) is 5.10 Å². The molecule has 0 saturated heterocycles. The fourth-order valence-corrected chi connectivity index (χ4v) is 3.43. The number of rotatable bonds is 7. The van der Waals surface area contributed by atoms with Gasteiger partial charge in [0, 0.05) is 19.2 Å². The van der Waals surface area contributed by atoms with Gasteiger partial charge in [0.15, 0.2) is 11.9 Å². The normalized spacial score (nSPS) is 11.6. The molecule has 1 aromatic heterocycles. The second-order valence-corrected chi connectivity index (χ2v) is 7.60. The molecule has 7 nitrogen and oxygen atoms in total. The van der Waals surface area contributed by atoms with Crippen LogP contribution in [0, 0.1) is 0 Å². The Hall–Kier alpha value is -4.26. The van der Waals surface area contributed by atoms with Crippen molar-refractivity contribution in [1.82, 2.24) is 19.7 Å². The first-order valence-corrected chi connectivity index (χ1v) is 10.6. The number of ether oxygens (including phenoxy) is 1. The van der Waals surface area contributed by atoms with Crippen LogP contribution in [0.5, 0.6) is 0 Å². The predicted molar refractivity (Wildman–Crippen MR) is 125 cm³/mol. The Balaban J connectivity index is 1.53. The van der Waals surface area contributed by atoms with Crippen LogP contribution in [0.2, 0.25) is 0 Å². The predicted octanol–water partition coefficient (Wildman–Crippen LogP) is 4.14. The number of benzene rings is 3. The highest BCUT2D eigenvalue weighted by Gasteiger charge is 2.26. The third-order valence-electron chi connectivity index (χ3n) is 5.09. The van der Waals surface area contributed by atoms with Crippen LogP contribution in [-0.2, 0) is 16.1 Å². The first kappa shape index (κ1) is 22.0. The van der Waals surface area contributed by atoms with E-state index in [2.05, 4.69) is 10.1 Å². The molecule has 0 aliphatic rings. The van der Waals surface area contributed by atoms with Crippen molar-refractivity contribution in [2.24, 2.45) is 0 Å². The van der Waals surface area contributed by atoms with Crippen molar-refractivity contribution in [3.8, 4) is 17.1 Å². The van der Waals surface area contributed by atoms with E-state index in [-0.39, 0.29) is 11.7 Å². The third-order valence-corrected chi connectivity index (χ3v) is 5.09. The number of aromatic nitrogens is 3. The molecule has 0 saturated carbocycles. The molecule has 4 rings (SSSR count). The van der Waals surface area contributed by atoms with Crippen molar-refractivity contribution in [2.45, 2.75) is 19.6 Å². The first-order valence-electron chi connectivity index (χ1n) is 10.6. The molecule has 1 heterocycles. The Bertz CT molecular complexity index is 1170. The molecule has 0 spiro atoms. The van der Waals surface area contributed by atoms with Crippen LogP contribution in [0.4, 0.5) is 0 Å². The van der Waals surface area contributed by atoms with Crippen LogP contribution < -0.4 is 0 Å². The van der Waals surface area contributed by atoms with Gasteiger partial charge in [-0.3, -0.25) is 4.79 Å². The molecule has 0 fully saturated rings. The number of esters is 1. The molecule has 3 aromatic carbocycles. The van der Waals surface area contributed by atoms with Gasteiger partial charge >= 0.3 is 5.97 Å². The lowest BCUT2D eigenvalue weighted by atomic mass is 10.2. The van der Waals surface area contributed by atoms with Crippen molar-refractivity contribution in [2.75, 3.05) is 7.05 Å². The Kier molecular flexibility index (Phi) is 6.59. The zero-order valence-electron chi connectivity index (χ0n) is 18.5. The minimum atomic E-state index is -0.977. The molecule has 0 bridgehead atoms. The highest BCUT2D eigenvalue weighted by Crippen LogP contribution is 2.21. The Morgan fingerprint density at radius 1 is 0.909 bits per heavy atom. The number of carbonyl (C=O) groups is 2. The molecular formula is C26H24N4O3. The lowest BCUT2D eigenvalue weighted by Crippen LogP contribution is -2.37. The third kappa shape index (κ3) is 5.15. The van der Waals surface area contributed by atoms with Crippen LogP contribution in [0.1, 0.15) is 23.1 Å². The summed E-state index contributed by atoms with van der Waals surface area (Å²) < 4.78 is 7.03. The fraction of sp³-hybridized carbons (Fsp3) is 0.154. The molecule has 1 amide bonds. The van der Waals surface area contributed by atoms with E-state index in [1.54, 1.807) is 18.7 Å². The Labute approximate surface area is 192 Å². The standard InChI is InChI=1S/C26H24N4O3/c1-19(25(31)29(2)18-20-12-6-3-7-13-20)33-26(32)23-27-24(21-14-8-4-9-15-21)30(28-23)22-16-10-5-11-17-22/h3-17,19H,18H2,1-2H3. The van der Waals surface area contributed by atoms with Crippen molar-refractivity contribution in [1.29, 1.82) is 0 Å². The average molecular weight is 441 g/mol. The van der Waals surface area contributed by atoms with E-state index in [0.29, 0.717) is 12.4 Å². The lowest BCUT2D eigenvalue weighted by Gasteiger charge is -2.21.